The summed E-state index contributed by atoms with van der Waals surface area (Å²) in [5.41, 5.74) is 0.669. The number of nitro benzene ring substituents is 1. The lowest BCUT2D eigenvalue weighted by atomic mass is 9.98. The van der Waals surface area contributed by atoms with Gasteiger partial charge in [-0.1, -0.05) is 60.1 Å². The Morgan fingerprint density at radius 1 is 0.929 bits per heavy atom. The highest BCUT2D eigenvalue weighted by atomic mass is 35.5. The van der Waals surface area contributed by atoms with Gasteiger partial charge in [-0.3, -0.25) is 14.9 Å². The minimum atomic E-state index is -0.668. The van der Waals surface area contributed by atoms with Crippen molar-refractivity contribution in [1.29, 1.82) is 0 Å². The number of hydrogen-bond donors (Lipinski definition) is 0. The molecule has 28 heavy (non-hydrogen) atoms. The van der Waals surface area contributed by atoms with Gasteiger partial charge in [0.25, 0.3) is 5.69 Å². The van der Waals surface area contributed by atoms with Gasteiger partial charge in [-0.05, 0) is 23.8 Å². The molecule has 0 spiro atoms. The normalized spacial score (nSPS) is 10.3. The van der Waals surface area contributed by atoms with Crippen molar-refractivity contribution < 1.29 is 19.2 Å². The van der Waals surface area contributed by atoms with Gasteiger partial charge >= 0.3 is 5.97 Å². The average Bonchev–Trinajstić information content (AvgIpc) is 2.72. The lowest BCUT2D eigenvalue weighted by molar-refractivity contribution is -0.384. The number of nitro groups is 1. The molecule has 7 heteroatoms. The van der Waals surface area contributed by atoms with Crippen molar-refractivity contribution in [2.45, 2.75) is 6.61 Å². The van der Waals surface area contributed by atoms with E-state index in [1.54, 1.807) is 12.1 Å². The second-order valence-corrected chi connectivity index (χ2v) is 6.27. The monoisotopic (exact) mass is 395 g/mol. The summed E-state index contributed by atoms with van der Waals surface area (Å²) in [5.74, 6) is -1.19. The SMILES string of the molecule is O=C(OCc1ccccc1)c1ccccc1C(=O)c1ccc(Cl)c([N+](=O)[O-])c1. The standard InChI is InChI=1S/C21H14ClNO5/c22-18-11-10-15(12-19(18)23(26)27)20(24)16-8-4-5-9-17(16)21(25)28-13-14-6-2-1-3-7-14/h1-12H,13H2. The molecular weight excluding hydrogens is 382 g/mol. The molecule has 0 N–H and O–H groups in total. The first-order valence-corrected chi connectivity index (χ1v) is 8.64. The molecule has 3 aromatic carbocycles. The Hall–Kier alpha value is -3.51. The number of rotatable bonds is 6. The molecule has 0 radical (unpaired) electrons. The van der Waals surface area contributed by atoms with Crippen LogP contribution in [0, 0.1) is 10.1 Å². The summed E-state index contributed by atoms with van der Waals surface area (Å²) < 4.78 is 5.30. The van der Waals surface area contributed by atoms with Crippen LogP contribution in [0.25, 0.3) is 0 Å². The van der Waals surface area contributed by atoms with Crippen LogP contribution in [0.2, 0.25) is 5.02 Å². The van der Waals surface area contributed by atoms with Crippen LogP contribution in [-0.2, 0) is 11.3 Å². The van der Waals surface area contributed by atoms with E-state index in [4.69, 9.17) is 16.3 Å². The number of hydrogen-bond acceptors (Lipinski definition) is 5. The first-order valence-electron chi connectivity index (χ1n) is 8.26. The molecule has 0 aliphatic rings. The Kier molecular flexibility index (Phi) is 5.81. The molecule has 0 heterocycles. The number of halogens is 1. The van der Waals surface area contributed by atoms with E-state index in [1.165, 1.54) is 24.3 Å². The largest absolute Gasteiger partial charge is 0.457 e. The molecule has 140 valence electrons. The maximum absolute atomic E-state index is 12.9. The number of benzene rings is 3. The predicted octanol–water partition coefficient (Wildman–Crippen LogP) is 4.84. The molecule has 0 aliphatic heterocycles. The van der Waals surface area contributed by atoms with Crippen molar-refractivity contribution in [2.75, 3.05) is 0 Å². The van der Waals surface area contributed by atoms with Crippen molar-refractivity contribution >= 4 is 29.0 Å². The highest BCUT2D eigenvalue weighted by molar-refractivity contribution is 6.33. The number of carbonyl (C=O) groups is 2. The molecule has 0 fully saturated rings. The van der Waals surface area contributed by atoms with Gasteiger partial charge in [0, 0.05) is 17.2 Å². The Balaban J connectivity index is 1.87. The molecule has 0 atom stereocenters. The summed E-state index contributed by atoms with van der Waals surface area (Å²) in [4.78, 5) is 35.8. The van der Waals surface area contributed by atoms with Crippen molar-refractivity contribution in [3.05, 3.63) is 110 Å². The van der Waals surface area contributed by atoms with Gasteiger partial charge in [0.1, 0.15) is 11.6 Å². The highest BCUT2D eigenvalue weighted by Crippen LogP contribution is 2.27. The molecule has 0 saturated heterocycles. The minimum Gasteiger partial charge on any atom is -0.457 e. The van der Waals surface area contributed by atoms with Crippen LogP contribution >= 0.6 is 11.6 Å². The van der Waals surface area contributed by atoms with E-state index in [1.807, 2.05) is 30.3 Å². The van der Waals surface area contributed by atoms with E-state index in [9.17, 15) is 19.7 Å². The van der Waals surface area contributed by atoms with Gasteiger partial charge < -0.3 is 4.74 Å². The Bertz CT molecular complexity index is 1050. The summed E-state index contributed by atoms with van der Waals surface area (Å²) >= 11 is 5.80. The molecule has 6 nitrogen and oxygen atoms in total. The quantitative estimate of drug-likeness (QED) is 0.258. The van der Waals surface area contributed by atoms with Crippen LogP contribution in [0.15, 0.2) is 72.8 Å². The zero-order valence-electron chi connectivity index (χ0n) is 14.5. The third kappa shape index (κ3) is 4.24. The Morgan fingerprint density at radius 3 is 2.25 bits per heavy atom. The lowest BCUT2D eigenvalue weighted by Gasteiger charge is -2.09. The molecule has 0 bridgehead atoms. The summed E-state index contributed by atoms with van der Waals surface area (Å²) in [7, 11) is 0. The third-order valence-corrected chi connectivity index (χ3v) is 4.33. The van der Waals surface area contributed by atoms with E-state index in [0.717, 1.165) is 11.6 Å². The van der Waals surface area contributed by atoms with Gasteiger partial charge in [-0.2, -0.15) is 0 Å². The van der Waals surface area contributed by atoms with E-state index in [0.29, 0.717) is 0 Å². The maximum Gasteiger partial charge on any atom is 0.339 e. The molecule has 0 amide bonds. The van der Waals surface area contributed by atoms with Crippen molar-refractivity contribution in [1.82, 2.24) is 0 Å². The predicted molar refractivity (Wildman–Crippen MR) is 104 cm³/mol. The Labute approximate surface area is 165 Å². The Morgan fingerprint density at radius 2 is 1.57 bits per heavy atom. The molecule has 0 aromatic heterocycles. The van der Waals surface area contributed by atoms with Crippen LogP contribution in [0.1, 0.15) is 31.8 Å². The van der Waals surface area contributed by atoms with Gasteiger partial charge in [0.15, 0.2) is 5.78 Å². The number of ketones is 1. The average molecular weight is 396 g/mol. The fourth-order valence-electron chi connectivity index (χ4n) is 2.61. The zero-order chi connectivity index (χ0) is 20.1. The van der Waals surface area contributed by atoms with E-state index in [-0.39, 0.29) is 34.0 Å². The number of nitrogens with zero attached hydrogens (tertiary/aromatic N) is 1. The van der Waals surface area contributed by atoms with Crippen molar-refractivity contribution in [3.63, 3.8) is 0 Å². The fourth-order valence-corrected chi connectivity index (χ4v) is 2.80. The second kappa shape index (κ2) is 8.45. The second-order valence-electron chi connectivity index (χ2n) is 5.86. The van der Waals surface area contributed by atoms with Crippen molar-refractivity contribution in [3.8, 4) is 0 Å². The molecule has 3 rings (SSSR count). The summed E-state index contributed by atoms with van der Waals surface area (Å²) in [5, 5.41) is 11.0. The van der Waals surface area contributed by atoms with Gasteiger partial charge in [-0.25, -0.2) is 4.79 Å². The lowest BCUT2D eigenvalue weighted by Crippen LogP contribution is -2.13. The first-order chi connectivity index (χ1) is 13.5. The van der Waals surface area contributed by atoms with Crippen molar-refractivity contribution in [2.24, 2.45) is 0 Å². The number of carbonyl (C=O) groups excluding carboxylic acids is 2. The minimum absolute atomic E-state index is 0.0550. The number of esters is 1. The molecule has 3 aromatic rings. The number of ether oxygens (including phenoxy) is 1. The van der Waals surface area contributed by atoms with E-state index in [2.05, 4.69) is 0 Å². The smallest absolute Gasteiger partial charge is 0.339 e. The molecule has 0 aliphatic carbocycles. The van der Waals surface area contributed by atoms with Gasteiger partial charge in [0.05, 0.1) is 10.5 Å². The van der Waals surface area contributed by atoms with E-state index >= 15 is 0 Å². The summed E-state index contributed by atoms with van der Waals surface area (Å²) in [6, 6.07) is 19.1. The molecule has 0 unspecified atom stereocenters. The summed E-state index contributed by atoms with van der Waals surface area (Å²) in [6.07, 6.45) is 0. The van der Waals surface area contributed by atoms with Gasteiger partial charge in [0.2, 0.25) is 0 Å². The molecule has 0 saturated carbocycles. The fraction of sp³-hybridized carbons (Fsp3) is 0.0476. The van der Waals surface area contributed by atoms with Crippen LogP contribution in [0.5, 0.6) is 0 Å². The highest BCUT2D eigenvalue weighted by Gasteiger charge is 2.22. The van der Waals surface area contributed by atoms with Crippen LogP contribution < -0.4 is 0 Å². The first kappa shape index (κ1) is 19.3. The zero-order valence-corrected chi connectivity index (χ0v) is 15.3. The van der Waals surface area contributed by atoms with Gasteiger partial charge in [-0.15, -0.1) is 0 Å². The van der Waals surface area contributed by atoms with E-state index < -0.39 is 16.7 Å². The maximum atomic E-state index is 12.9. The molecular formula is C21H14ClNO5. The van der Waals surface area contributed by atoms with Crippen LogP contribution in [-0.4, -0.2) is 16.7 Å². The third-order valence-electron chi connectivity index (χ3n) is 4.01. The summed E-state index contributed by atoms with van der Waals surface area (Å²) in [6.45, 7) is 0.0641. The van der Waals surface area contributed by atoms with Crippen LogP contribution in [0.3, 0.4) is 0 Å². The van der Waals surface area contributed by atoms with Crippen LogP contribution in [0.4, 0.5) is 5.69 Å². The topological polar surface area (TPSA) is 86.5 Å².